The second-order valence-electron chi connectivity index (χ2n) is 4.15. The van der Waals surface area contributed by atoms with Gasteiger partial charge in [0.2, 0.25) is 5.91 Å². The number of aliphatic carboxylic acids is 1. The van der Waals surface area contributed by atoms with Gasteiger partial charge in [0.05, 0.1) is 12.8 Å². The van der Waals surface area contributed by atoms with Crippen LogP contribution in [0.15, 0.2) is 18.2 Å². The van der Waals surface area contributed by atoms with Gasteiger partial charge < -0.3 is 10.4 Å². The van der Waals surface area contributed by atoms with Crippen molar-refractivity contribution in [3.8, 4) is 0 Å². The predicted octanol–water partition coefficient (Wildman–Crippen LogP) is 2.91. The summed E-state index contributed by atoms with van der Waals surface area (Å²) in [5.74, 6) is -1.23. The highest BCUT2D eigenvalue weighted by atomic mass is 35.5. The van der Waals surface area contributed by atoms with Crippen LogP contribution in [-0.2, 0) is 16.0 Å². The highest BCUT2D eigenvalue weighted by Crippen LogP contribution is 2.24. The molecule has 1 aromatic rings. The summed E-state index contributed by atoms with van der Waals surface area (Å²) in [7, 11) is 0. The SMILES string of the molecule is CCC(CC(=O)O)NC(=O)Cc1c(Cl)cccc1Cl. The van der Waals surface area contributed by atoms with E-state index in [0.29, 0.717) is 22.0 Å². The molecule has 0 aliphatic rings. The molecule has 0 aromatic heterocycles. The second-order valence-corrected chi connectivity index (χ2v) is 4.96. The van der Waals surface area contributed by atoms with Crippen LogP contribution in [0.4, 0.5) is 0 Å². The van der Waals surface area contributed by atoms with Crippen LogP contribution >= 0.6 is 23.2 Å². The number of nitrogens with one attached hydrogen (secondary N) is 1. The van der Waals surface area contributed by atoms with Crippen molar-refractivity contribution in [3.63, 3.8) is 0 Å². The van der Waals surface area contributed by atoms with E-state index in [1.807, 2.05) is 6.92 Å². The van der Waals surface area contributed by atoms with E-state index in [2.05, 4.69) is 5.32 Å². The fourth-order valence-electron chi connectivity index (χ4n) is 1.65. The smallest absolute Gasteiger partial charge is 0.305 e. The highest BCUT2D eigenvalue weighted by molar-refractivity contribution is 6.36. The molecule has 4 nitrogen and oxygen atoms in total. The molecule has 2 N–H and O–H groups in total. The van der Waals surface area contributed by atoms with Crippen LogP contribution in [0.5, 0.6) is 0 Å². The van der Waals surface area contributed by atoms with E-state index in [1.165, 1.54) is 0 Å². The van der Waals surface area contributed by atoms with E-state index in [-0.39, 0.29) is 24.8 Å². The first kappa shape index (κ1) is 15.8. The van der Waals surface area contributed by atoms with Crippen molar-refractivity contribution in [3.05, 3.63) is 33.8 Å². The molecular formula is C13H15Cl2NO3. The number of rotatable bonds is 6. The minimum Gasteiger partial charge on any atom is -0.481 e. The van der Waals surface area contributed by atoms with E-state index in [0.717, 1.165) is 0 Å². The monoisotopic (exact) mass is 303 g/mol. The van der Waals surface area contributed by atoms with Crippen molar-refractivity contribution in [1.29, 1.82) is 0 Å². The zero-order chi connectivity index (χ0) is 14.4. The molecule has 1 aromatic carbocycles. The standard InChI is InChI=1S/C13H15Cl2NO3/c1-2-8(6-13(18)19)16-12(17)7-9-10(14)4-3-5-11(9)15/h3-5,8H,2,6-7H2,1H3,(H,16,17)(H,18,19). The number of carboxylic acids is 1. The normalized spacial score (nSPS) is 11.9. The number of halogens is 2. The van der Waals surface area contributed by atoms with Gasteiger partial charge in [-0.25, -0.2) is 0 Å². The molecule has 0 heterocycles. The van der Waals surface area contributed by atoms with Crippen molar-refractivity contribution >= 4 is 35.1 Å². The Balaban J connectivity index is 2.67. The van der Waals surface area contributed by atoms with Crippen molar-refractivity contribution in [2.75, 3.05) is 0 Å². The first-order valence-electron chi connectivity index (χ1n) is 5.88. The molecule has 1 rings (SSSR count). The van der Waals surface area contributed by atoms with Crippen LogP contribution in [0.25, 0.3) is 0 Å². The molecule has 0 saturated carbocycles. The van der Waals surface area contributed by atoms with E-state index >= 15 is 0 Å². The zero-order valence-corrected chi connectivity index (χ0v) is 12.0. The number of carboxylic acid groups (broad SMARTS) is 1. The topological polar surface area (TPSA) is 66.4 Å². The van der Waals surface area contributed by atoms with E-state index in [4.69, 9.17) is 28.3 Å². The third-order valence-corrected chi connectivity index (χ3v) is 3.39. The molecule has 0 radical (unpaired) electrons. The van der Waals surface area contributed by atoms with Crippen molar-refractivity contribution < 1.29 is 14.7 Å². The lowest BCUT2D eigenvalue weighted by Gasteiger charge is -2.15. The third kappa shape index (κ3) is 5.09. The Kier molecular flexibility index (Phi) is 6.12. The number of hydrogen-bond donors (Lipinski definition) is 2. The Morgan fingerprint density at radius 3 is 2.37 bits per heavy atom. The lowest BCUT2D eigenvalue weighted by Crippen LogP contribution is -2.37. The minimum absolute atomic E-state index is 0.0363. The molecule has 1 atom stereocenters. The maximum absolute atomic E-state index is 11.8. The van der Waals surface area contributed by atoms with E-state index in [9.17, 15) is 9.59 Å². The van der Waals surface area contributed by atoms with Gasteiger partial charge in [0.1, 0.15) is 0 Å². The molecule has 6 heteroatoms. The molecular weight excluding hydrogens is 289 g/mol. The summed E-state index contributed by atoms with van der Waals surface area (Å²) in [6.45, 7) is 1.82. The summed E-state index contributed by atoms with van der Waals surface area (Å²) >= 11 is 11.9. The number of amides is 1. The Morgan fingerprint density at radius 1 is 1.32 bits per heavy atom. The zero-order valence-electron chi connectivity index (χ0n) is 10.5. The van der Waals surface area contributed by atoms with Gasteiger partial charge in [-0.15, -0.1) is 0 Å². The third-order valence-electron chi connectivity index (χ3n) is 2.68. The average Bonchev–Trinajstić information content (AvgIpc) is 2.32. The van der Waals surface area contributed by atoms with Gasteiger partial charge in [0.15, 0.2) is 0 Å². The van der Waals surface area contributed by atoms with Crippen LogP contribution in [-0.4, -0.2) is 23.0 Å². The number of hydrogen-bond acceptors (Lipinski definition) is 2. The summed E-state index contributed by atoms with van der Waals surface area (Å²) in [4.78, 5) is 22.5. The Morgan fingerprint density at radius 2 is 1.89 bits per heavy atom. The average molecular weight is 304 g/mol. The minimum atomic E-state index is -0.942. The summed E-state index contributed by atoms with van der Waals surface area (Å²) in [6.07, 6.45) is 0.488. The maximum atomic E-state index is 11.8. The van der Waals surface area contributed by atoms with Crippen LogP contribution in [0.3, 0.4) is 0 Å². The molecule has 0 spiro atoms. The van der Waals surface area contributed by atoms with Crippen LogP contribution in [0.2, 0.25) is 10.0 Å². The van der Waals surface area contributed by atoms with E-state index < -0.39 is 5.97 Å². The van der Waals surface area contributed by atoms with Gasteiger partial charge in [0.25, 0.3) is 0 Å². The van der Waals surface area contributed by atoms with Crippen LogP contribution < -0.4 is 5.32 Å². The fourth-order valence-corrected chi connectivity index (χ4v) is 2.18. The molecule has 1 amide bonds. The second kappa shape index (κ2) is 7.36. The van der Waals surface area contributed by atoms with Crippen molar-refractivity contribution in [2.24, 2.45) is 0 Å². The highest BCUT2D eigenvalue weighted by Gasteiger charge is 2.16. The molecule has 104 valence electrons. The number of carbonyl (C=O) groups is 2. The molecule has 0 aliphatic heterocycles. The molecule has 1 unspecified atom stereocenters. The summed E-state index contributed by atoms with van der Waals surface area (Å²) < 4.78 is 0. The fraction of sp³-hybridized carbons (Fsp3) is 0.385. The molecule has 0 aliphatic carbocycles. The quantitative estimate of drug-likeness (QED) is 0.849. The van der Waals surface area contributed by atoms with Gasteiger partial charge in [-0.2, -0.15) is 0 Å². The lowest BCUT2D eigenvalue weighted by molar-refractivity contribution is -0.137. The molecule has 0 bridgehead atoms. The first-order chi connectivity index (χ1) is 8.93. The van der Waals surface area contributed by atoms with Crippen molar-refractivity contribution in [2.45, 2.75) is 32.2 Å². The summed E-state index contributed by atoms with van der Waals surface area (Å²) in [5.41, 5.74) is 0.550. The Hall–Kier alpha value is -1.26. The number of benzene rings is 1. The molecule has 0 saturated heterocycles. The van der Waals surface area contributed by atoms with Gasteiger partial charge in [-0.1, -0.05) is 36.2 Å². The van der Waals surface area contributed by atoms with Crippen LogP contribution in [0.1, 0.15) is 25.3 Å². The van der Waals surface area contributed by atoms with E-state index in [1.54, 1.807) is 18.2 Å². The van der Waals surface area contributed by atoms with Gasteiger partial charge in [0, 0.05) is 16.1 Å². The first-order valence-corrected chi connectivity index (χ1v) is 6.63. The number of carbonyl (C=O) groups excluding carboxylic acids is 1. The van der Waals surface area contributed by atoms with Gasteiger partial charge in [-0.3, -0.25) is 9.59 Å². The van der Waals surface area contributed by atoms with Gasteiger partial charge >= 0.3 is 5.97 Å². The van der Waals surface area contributed by atoms with Gasteiger partial charge in [-0.05, 0) is 24.1 Å². The predicted molar refractivity (Wildman–Crippen MR) is 74.6 cm³/mol. The lowest BCUT2D eigenvalue weighted by atomic mass is 10.1. The summed E-state index contributed by atoms with van der Waals surface area (Å²) in [5, 5.41) is 12.2. The maximum Gasteiger partial charge on any atom is 0.305 e. The molecule has 19 heavy (non-hydrogen) atoms. The largest absolute Gasteiger partial charge is 0.481 e. The van der Waals surface area contributed by atoms with Crippen molar-refractivity contribution in [1.82, 2.24) is 5.32 Å². The Labute approximate surface area is 121 Å². The Bertz CT molecular complexity index is 457. The molecule has 0 fully saturated rings. The van der Waals surface area contributed by atoms with Crippen LogP contribution in [0, 0.1) is 0 Å². The summed E-state index contributed by atoms with van der Waals surface area (Å²) in [6, 6.07) is 4.63.